The van der Waals surface area contributed by atoms with E-state index in [1.165, 1.54) is 0 Å². The molecule has 10 rings (SSSR count). The number of alkyl halides is 1. The maximum Gasteiger partial charge on any atom is 0.294 e. The Kier molecular flexibility index (Phi) is 8.78. The number of halogens is 19. The zero-order chi connectivity index (χ0) is 47.5. The predicted octanol–water partition coefficient (Wildman–Crippen LogP) is 9.62. The van der Waals surface area contributed by atoms with Gasteiger partial charge in [0.05, 0.1) is 38.2 Å². The number of aromatic nitrogens is 2. The van der Waals surface area contributed by atoms with E-state index in [1.54, 1.807) is 5.32 Å². The Morgan fingerprint density at radius 1 is 0.485 bits per heavy atom. The number of aromatic amines is 2. The molecule has 5 heterocycles. The van der Waals surface area contributed by atoms with Crippen molar-refractivity contribution < 1.29 is 83.5 Å². The molecule has 3 aliphatic heterocycles. The van der Waals surface area contributed by atoms with Crippen molar-refractivity contribution in [1.82, 2.24) is 9.97 Å². The van der Waals surface area contributed by atoms with Crippen molar-refractivity contribution in [1.29, 1.82) is 0 Å². The molecular weight excluding hydrogens is 943 g/mol. The number of benzene rings is 4. The summed E-state index contributed by atoms with van der Waals surface area (Å²) in [5.41, 5.74) is -11.3. The number of anilines is 2. The van der Waals surface area contributed by atoms with E-state index in [-0.39, 0.29) is 18.2 Å². The summed E-state index contributed by atoms with van der Waals surface area (Å²) < 4.78 is 292. The van der Waals surface area contributed by atoms with E-state index in [9.17, 15) is 35.1 Å². The fourth-order valence-electron chi connectivity index (χ4n) is 7.43. The van der Waals surface area contributed by atoms with E-state index in [0.717, 1.165) is 0 Å². The lowest BCUT2D eigenvalue weighted by Crippen LogP contribution is -2.47. The molecule has 66 heavy (non-hydrogen) atoms. The van der Waals surface area contributed by atoms with Crippen molar-refractivity contribution in [2.75, 3.05) is 10.4 Å². The Hall–Kier alpha value is -7.94. The third kappa shape index (κ3) is 5.30. The molecule has 1 atom stereocenters. The molecule has 1 unspecified atom stereocenters. The van der Waals surface area contributed by atoms with E-state index in [1.807, 2.05) is 9.97 Å². The standard InChI is InChI=1S/C38H6F19N9/c39-5-1-2-7(17(43)15(5)41)66(57)38(56)14-13(23(49)28(54)29(38)55)36-59-30-4-3-6(40)16(42)18(44)8(4)31(58-30)60-32-9-10(20(46)25(51)24(50)19(9)45)33(61-32)62-34-11-12(35(63-34)64-37(14)65-36)22(48)27(53)26(52)21(11)47/h1-3,61H,(H,62,63,64)(H,58,59,60,65). The summed E-state index contributed by atoms with van der Waals surface area (Å²) in [6.07, 6.45) is 0. The summed E-state index contributed by atoms with van der Waals surface area (Å²) in [6.45, 7) is 0. The van der Waals surface area contributed by atoms with Crippen LogP contribution in [-0.4, -0.2) is 33.3 Å². The maximum absolute atomic E-state index is 17.6. The van der Waals surface area contributed by atoms with Crippen molar-refractivity contribution >= 4 is 63.1 Å². The third-order valence-corrected chi connectivity index (χ3v) is 10.4. The molecule has 0 amide bonds. The van der Waals surface area contributed by atoms with Crippen LogP contribution in [0.2, 0.25) is 0 Å². The van der Waals surface area contributed by atoms with Gasteiger partial charge in [-0.15, -0.1) is 0 Å². The average molecular weight is 949 g/mol. The normalized spacial score (nSPS) is 19.4. The molecule has 1 aliphatic carbocycles. The smallest absolute Gasteiger partial charge is 0.294 e. The predicted molar refractivity (Wildman–Crippen MR) is 188 cm³/mol. The number of hydrogen-bond donors (Lipinski definition) is 3. The van der Waals surface area contributed by atoms with Crippen LogP contribution < -0.4 is 21.1 Å². The van der Waals surface area contributed by atoms with Gasteiger partial charge >= 0.3 is 0 Å². The Balaban J connectivity index is 1.39. The van der Waals surface area contributed by atoms with Crippen molar-refractivity contribution in [3.63, 3.8) is 0 Å². The molecule has 0 saturated carbocycles. The van der Waals surface area contributed by atoms with Crippen molar-refractivity contribution in [2.24, 2.45) is 25.0 Å². The quantitative estimate of drug-likeness (QED) is 0.0529. The molecule has 336 valence electrons. The van der Waals surface area contributed by atoms with Gasteiger partial charge in [-0.3, -0.25) is 0 Å². The van der Waals surface area contributed by atoms with Crippen LogP contribution in [-0.2, 0) is 5.79 Å². The van der Waals surface area contributed by atoms with Gasteiger partial charge in [-0.25, -0.2) is 104 Å². The molecule has 0 radical (unpaired) electrons. The first-order valence-electron chi connectivity index (χ1n) is 17.5. The minimum atomic E-state index is -5.21. The Morgan fingerprint density at radius 3 is 1.65 bits per heavy atom. The summed E-state index contributed by atoms with van der Waals surface area (Å²) in [5, 5.41) is -4.80. The minimum absolute atomic E-state index is 0.0466. The number of allylic oxidation sites excluding steroid dienone is 1. The second kappa shape index (κ2) is 13.8. The first-order chi connectivity index (χ1) is 31.1. The monoisotopic (exact) mass is 949 g/mol. The largest absolute Gasteiger partial charge is 0.325 e. The molecule has 4 aliphatic rings. The SMILES string of the molecule is FC1=C(F)C(F)(N(F)c2ccc(F)c(F)c2F)c2c3[nH]/c(c2=C1F)=N\C1=NC(=N\c2[nH]c(c4c(F)c(F)c(F)c(F)c24)/N=C2\N=C(N3)c3c(F)c(F)c(F)c(F)c32)/c2c1cc(F)c(F)c2F. The van der Waals surface area contributed by atoms with Crippen LogP contribution in [0.1, 0.15) is 27.8 Å². The van der Waals surface area contributed by atoms with Crippen molar-refractivity contribution in [2.45, 2.75) is 5.79 Å². The molecule has 6 aromatic rings. The van der Waals surface area contributed by atoms with Crippen LogP contribution in [0.5, 0.6) is 0 Å². The molecule has 3 N–H and O–H groups in total. The molecule has 0 saturated heterocycles. The lowest BCUT2D eigenvalue weighted by atomic mass is 9.96. The molecule has 8 bridgehead atoms. The molecule has 9 nitrogen and oxygen atoms in total. The zero-order valence-electron chi connectivity index (χ0n) is 30.6. The highest BCUT2D eigenvalue weighted by molar-refractivity contribution is 6.27. The molecule has 0 fully saturated rings. The molecule has 4 aromatic carbocycles. The van der Waals surface area contributed by atoms with Crippen LogP contribution in [0.3, 0.4) is 0 Å². The molecule has 0 spiro atoms. The van der Waals surface area contributed by atoms with Crippen molar-refractivity contribution in [3.8, 4) is 0 Å². The number of H-pyrrole nitrogens is 2. The number of hydrogen-bond acceptors (Lipinski definition) is 7. The van der Waals surface area contributed by atoms with E-state index in [0.29, 0.717) is 0 Å². The van der Waals surface area contributed by atoms with Gasteiger partial charge in [-0.05, 0) is 18.2 Å². The first kappa shape index (κ1) is 42.0. The number of nitrogens with zero attached hydrogens (tertiary/aromatic N) is 6. The van der Waals surface area contributed by atoms with Gasteiger partial charge in [0.25, 0.3) is 5.79 Å². The van der Waals surface area contributed by atoms with Crippen LogP contribution >= 0.6 is 0 Å². The molecule has 2 aromatic heterocycles. The van der Waals surface area contributed by atoms with Gasteiger partial charge in [0.1, 0.15) is 34.5 Å². The highest BCUT2D eigenvalue weighted by Crippen LogP contribution is 2.49. The average Bonchev–Trinajstić information content (AvgIpc) is 4.03. The Labute approximate surface area is 347 Å². The fourth-order valence-corrected chi connectivity index (χ4v) is 7.43. The molecule has 28 heteroatoms. The number of nitrogens with one attached hydrogen (secondary N) is 3. The highest BCUT2D eigenvalue weighted by atomic mass is 19.2. The number of fused-ring (bicyclic) bond motifs is 18. The number of amidine groups is 4. The van der Waals surface area contributed by atoms with E-state index >= 15 is 48.4 Å². The summed E-state index contributed by atoms with van der Waals surface area (Å²) >= 11 is 0. The first-order valence-corrected chi connectivity index (χ1v) is 17.5. The van der Waals surface area contributed by atoms with Crippen LogP contribution in [0, 0.1) is 81.4 Å². The van der Waals surface area contributed by atoms with Gasteiger partial charge in [-0.1, -0.05) is 4.48 Å². The second-order valence-corrected chi connectivity index (χ2v) is 13.9. The third-order valence-electron chi connectivity index (χ3n) is 10.4. The van der Waals surface area contributed by atoms with Gasteiger partial charge in [-0.2, -0.15) is 5.12 Å². The van der Waals surface area contributed by atoms with Gasteiger partial charge in [0.15, 0.2) is 111 Å². The van der Waals surface area contributed by atoms with Gasteiger partial charge in [0.2, 0.25) is 5.83 Å². The number of rotatable bonds is 2. The Bertz CT molecular complexity index is 3640. The number of aliphatic imine (C=N–C) groups is 4. The van der Waals surface area contributed by atoms with Crippen molar-refractivity contribution in [3.05, 3.63) is 150 Å². The zero-order valence-corrected chi connectivity index (χ0v) is 30.6. The van der Waals surface area contributed by atoms with Crippen LogP contribution in [0.15, 0.2) is 54.8 Å². The second-order valence-electron chi connectivity index (χ2n) is 13.9. The lowest BCUT2D eigenvalue weighted by molar-refractivity contribution is 0.0959. The summed E-state index contributed by atoms with van der Waals surface area (Å²) in [7, 11) is 0. The van der Waals surface area contributed by atoms with Gasteiger partial charge < -0.3 is 15.3 Å². The minimum Gasteiger partial charge on any atom is -0.325 e. The lowest BCUT2D eigenvalue weighted by Gasteiger charge is -2.33. The van der Waals surface area contributed by atoms with E-state index < -0.39 is 206 Å². The fraction of sp³-hybridized carbons (Fsp3) is 0.0263. The Morgan fingerprint density at radius 2 is 1.03 bits per heavy atom. The van der Waals surface area contributed by atoms with Crippen LogP contribution in [0.25, 0.3) is 16.6 Å². The summed E-state index contributed by atoms with van der Waals surface area (Å²) in [6, 6.07) is -0.0190. The topological polar surface area (TPSA) is 109 Å². The highest BCUT2D eigenvalue weighted by Gasteiger charge is 2.55. The molecular formula is C38H6F19N9. The summed E-state index contributed by atoms with van der Waals surface area (Å²) in [5.74, 6) is -57.7. The maximum atomic E-state index is 17.6. The van der Waals surface area contributed by atoms with E-state index in [2.05, 4.69) is 25.0 Å². The van der Waals surface area contributed by atoms with Gasteiger partial charge in [0, 0.05) is 5.56 Å². The van der Waals surface area contributed by atoms with E-state index in [4.69, 9.17) is 0 Å². The van der Waals surface area contributed by atoms with Crippen LogP contribution in [0.4, 0.5) is 107 Å². The summed E-state index contributed by atoms with van der Waals surface area (Å²) in [4.78, 5) is 22.1.